The Morgan fingerprint density at radius 1 is 1.50 bits per heavy atom. The Kier molecular flexibility index (Phi) is 8.65. The lowest BCUT2D eigenvalue weighted by Gasteiger charge is -2.32. The van der Waals surface area contributed by atoms with Gasteiger partial charge in [0.25, 0.3) is 0 Å². The number of nitrogens with one attached hydrogen (secondary N) is 2. The highest BCUT2D eigenvalue weighted by Gasteiger charge is 2.19. The van der Waals surface area contributed by atoms with E-state index in [1.165, 1.54) is 7.05 Å². The molecule has 7 nitrogen and oxygen atoms in total. The van der Waals surface area contributed by atoms with Gasteiger partial charge in [0.05, 0.1) is 12.7 Å². The number of halogens is 1. The predicted octanol–water partition coefficient (Wildman–Crippen LogP) is -1.09. The van der Waals surface area contributed by atoms with Gasteiger partial charge in [0.15, 0.2) is 0 Å². The molecule has 0 saturated carbocycles. The normalized spacial score (nSPS) is 19.8. The molecule has 0 aromatic carbocycles. The second-order valence-corrected chi connectivity index (χ2v) is 3.91. The molecule has 8 heteroatoms. The first kappa shape index (κ1) is 17.1. The summed E-state index contributed by atoms with van der Waals surface area (Å²) in [6.07, 6.45) is 0.343. The van der Waals surface area contributed by atoms with Crippen LogP contribution in [0.1, 0.15) is 6.42 Å². The number of nitrogens with zero attached hydrogens (tertiary/aromatic N) is 1. The van der Waals surface area contributed by atoms with Gasteiger partial charge in [-0.25, -0.2) is 4.79 Å². The molecule has 0 bridgehead atoms. The molecule has 0 radical (unpaired) electrons. The van der Waals surface area contributed by atoms with Crippen LogP contribution in [0.15, 0.2) is 0 Å². The van der Waals surface area contributed by atoms with Crippen molar-refractivity contribution in [3.8, 4) is 0 Å². The standard InChI is InChI=1S/C10H20N4O3.ClH/c1-12-10(16)13-9(15)2-3-14-4-5-17-8(6-11)7-14;/h8H,2-7,11H2,1H3,(H2,12,13,15,16);1H. The number of rotatable bonds is 4. The SMILES string of the molecule is CNC(=O)NC(=O)CCN1CCOC(CN)C1.Cl. The largest absolute Gasteiger partial charge is 0.374 e. The predicted molar refractivity (Wildman–Crippen MR) is 69.7 cm³/mol. The van der Waals surface area contributed by atoms with Crippen LogP contribution >= 0.6 is 12.4 Å². The summed E-state index contributed by atoms with van der Waals surface area (Å²) < 4.78 is 5.41. The molecule has 106 valence electrons. The Morgan fingerprint density at radius 2 is 2.22 bits per heavy atom. The second kappa shape index (κ2) is 9.09. The van der Waals surface area contributed by atoms with Crippen molar-refractivity contribution < 1.29 is 14.3 Å². The van der Waals surface area contributed by atoms with E-state index >= 15 is 0 Å². The fourth-order valence-electron chi connectivity index (χ4n) is 1.64. The summed E-state index contributed by atoms with van der Waals surface area (Å²) in [4.78, 5) is 24.3. The molecule has 4 N–H and O–H groups in total. The minimum absolute atomic E-state index is 0. The monoisotopic (exact) mass is 280 g/mol. The van der Waals surface area contributed by atoms with Crippen LogP contribution < -0.4 is 16.4 Å². The topological polar surface area (TPSA) is 96.7 Å². The van der Waals surface area contributed by atoms with Crippen LogP contribution in [-0.2, 0) is 9.53 Å². The molecule has 1 heterocycles. The zero-order valence-electron chi connectivity index (χ0n) is 10.5. The molecule has 0 aromatic rings. The summed E-state index contributed by atoms with van der Waals surface area (Å²) in [5.41, 5.74) is 5.52. The van der Waals surface area contributed by atoms with Crippen molar-refractivity contribution in [2.75, 3.05) is 39.8 Å². The van der Waals surface area contributed by atoms with Crippen LogP contribution in [0.4, 0.5) is 4.79 Å². The summed E-state index contributed by atoms with van der Waals surface area (Å²) in [6, 6.07) is -0.475. The Hall–Kier alpha value is -0.890. The van der Waals surface area contributed by atoms with Crippen molar-refractivity contribution in [3.05, 3.63) is 0 Å². The summed E-state index contributed by atoms with van der Waals surface area (Å²) in [6.45, 7) is 3.27. The molecule has 0 aliphatic carbocycles. The van der Waals surface area contributed by atoms with Crippen LogP contribution in [0.3, 0.4) is 0 Å². The van der Waals surface area contributed by atoms with Crippen LogP contribution in [0, 0.1) is 0 Å². The molecule has 1 fully saturated rings. The average molecular weight is 281 g/mol. The van der Waals surface area contributed by atoms with E-state index < -0.39 is 6.03 Å². The smallest absolute Gasteiger partial charge is 0.321 e. The van der Waals surface area contributed by atoms with Gasteiger partial charge in [0, 0.05) is 39.6 Å². The van der Waals surface area contributed by atoms with Crippen molar-refractivity contribution in [1.82, 2.24) is 15.5 Å². The zero-order chi connectivity index (χ0) is 12.7. The Bertz CT molecular complexity index is 278. The van der Waals surface area contributed by atoms with E-state index in [9.17, 15) is 9.59 Å². The van der Waals surface area contributed by atoms with Crippen molar-refractivity contribution in [1.29, 1.82) is 0 Å². The van der Waals surface area contributed by atoms with Crippen LogP contribution in [0.5, 0.6) is 0 Å². The number of urea groups is 1. The maximum Gasteiger partial charge on any atom is 0.321 e. The fraction of sp³-hybridized carbons (Fsp3) is 0.800. The number of carbonyl (C=O) groups excluding carboxylic acids is 2. The van der Waals surface area contributed by atoms with Gasteiger partial charge < -0.3 is 15.8 Å². The molecular formula is C10H21ClN4O3. The molecule has 1 rings (SSSR count). The van der Waals surface area contributed by atoms with Crippen LogP contribution in [0.25, 0.3) is 0 Å². The van der Waals surface area contributed by atoms with Gasteiger partial charge in [-0.2, -0.15) is 0 Å². The Balaban J connectivity index is 0.00000289. The Morgan fingerprint density at radius 3 is 2.83 bits per heavy atom. The molecule has 1 saturated heterocycles. The van der Waals surface area contributed by atoms with E-state index in [0.717, 1.165) is 13.1 Å². The van der Waals surface area contributed by atoms with Gasteiger partial charge in [0.1, 0.15) is 0 Å². The lowest BCUT2D eigenvalue weighted by Crippen LogP contribution is -2.47. The van der Waals surface area contributed by atoms with E-state index in [1.54, 1.807) is 0 Å². The van der Waals surface area contributed by atoms with E-state index in [4.69, 9.17) is 10.5 Å². The summed E-state index contributed by atoms with van der Waals surface area (Å²) in [5.74, 6) is -0.278. The van der Waals surface area contributed by atoms with E-state index in [-0.39, 0.29) is 24.4 Å². The van der Waals surface area contributed by atoms with Gasteiger partial charge in [-0.1, -0.05) is 0 Å². The van der Waals surface area contributed by atoms with Crippen molar-refractivity contribution >= 4 is 24.3 Å². The molecule has 18 heavy (non-hydrogen) atoms. The Labute approximate surface area is 113 Å². The highest BCUT2D eigenvalue weighted by atomic mass is 35.5. The van der Waals surface area contributed by atoms with E-state index in [2.05, 4.69) is 15.5 Å². The summed E-state index contributed by atoms with van der Waals surface area (Å²) in [7, 11) is 1.47. The third-order valence-corrected chi connectivity index (χ3v) is 2.62. The number of hydrogen-bond donors (Lipinski definition) is 3. The second-order valence-electron chi connectivity index (χ2n) is 3.91. The molecule has 1 aliphatic heterocycles. The number of carbonyl (C=O) groups is 2. The number of imide groups is 1. The lowest BCUT2D eigenvalue weighted by molar-refractivity contribution is -0.120. The third kappa shape index (κ3) is 6.15. The first-order valence-electron chi connectivity index (χ1n) is 5.71. The molecule has 3 amide bonds. The molecule has 0 spiro atoms. The molecular weight excluding hydrogens is 260 g/mol. The zero-order valence-corrected chi connectivity index (χ0v) is 11.3. The number of hydrogen-bond acceptors (Lipinski definition) is 5. The van der Waals surface area contributed by atoms with Crippen molar-refractivity contribution in [2.45, 2.75) is 12.5 Å². The molecule has 1 unspecified atom stereocenters. The minimum atomic E-state index is -0.475. The first-order chi connectivity index (χ1) is 8.15. The minimum Gasteiger partial charge on any atom is -0.374 e. The van der Waals surface area contributed by atoms with E-state index in [0.29, 0.717) is 26.1 Å². The van der Waals surface area contributed by atoms with Gasteiger partial charge in [-0.3, -0.25) is 15.0 Å². The van der Waals surface area contributed by atoms with Crippen molar-refractivity contribution in [3.63, 3.8) is 0 Å². The quantitative estimate of drug-likeness (QED) is 0.608. The maximum absolute atomic E-state index is 11.4. The van der Waals surface area contributed by atoms with Crippen molar-refractivity contribution in [2.24, 2.45) is 5.73 Å². The summed E-state index contributed by atoms with van der Waals surface area (Å²) >= 11 is 0. The highest BCUT2D eigenvalue weighted by Crippen LogP contribution is 2.04. The van der Waals surface area contributed by atoms with Gasteiger partial charge in [-0.05, 0) is 0 Å². The van der Waals surface area contributed by atoms with E-state index in [1.807, 2.05) is 0 Å². The third-order valence-electron chi connectivity index (χ3n) is 2.62. The maximum atomic E-state index is 11.4. The highest BCUT2D eigenvalue weighted by molar-refractivity contribution is 5.94. The van der Waals surface area contributed by atoms with Crippen LogP contribution in [-0.4, -0.2) is 62.8 Å². The fourth-order valence-corrected chi connectivity index (χ4v) is 1.64. The van der Waals surface area contributed by atoms with Gasteiger partial charge in [-0.15, -0.1) is 12.4 Å². The van der Waals surface area contributed by atoms with Crippen LogP contribution in [0.2, 0.25) is 0 Å². The average Bonchev–Trinajstić information content (AvgIpc) is 2.36. The van der Waals surface area contributed by atoms with Gasteiger partial charge in [0.2, 0.25) is 5.91 Å². The molecule has 1 aliphatic rings. The summed E-state index contributed by atoms with van der Waals surface area (Å²) in [5, 5.41) is 4.55. The van der Waals surface area contributed by atoms with Gasteiger partial charge >= 0.3 is 6.03 Å². The number of nitrogens with two attached hydrogens (primary N) is 1. The lowest BCUT2D eigenvalue weighted by atomic mass is 10.2. The molecule has 1 atom stereocenters. The number of ether oxygens (including phenoxy) is 1. The number of morpholine rings is 1. The first-order valence-corrected chi connectivity index (χ1v) is 5.71. The number of amides is 3. The molecule has 0 aromatic heterocycles.